The van der Waals surface area contributed by atoms with E-state index >= 15 is 0 Å². The van der Waals surface area contributed by atoms with Crippen molar-refractivity contribution in [1.29, 1.82) is 5.26 Å². The fourth-order valence-corrected chi connectivity index (χ4v) is 3.29. The fourth-order valence-electron chi connectivity index (χ4n) is 3.29. The van der Waals surface area contributed by atoms with E-state index in [1.165, 1.54) is 32.5 Å². The SMILES string of the molecule is N#CC1CCN2CCCN3CCCN1C32. The molecule has 3 fully saturated rings. The lowest BCUT2D eigenvalue weighted by atomic mass is 10.0. The van der Waals surface area contributed by atoms with Crippen molar-refractivity contribution in [1.82, 2.24) is 14.7 Å². The first kappa shape index (κ1) is 9.59. The van der Waals surface area contributed by atoms with E-state index in [0.717, 1.165) is 19.5 Å². The molecule has 3 aliphatic heterocycles. The summed E-state index contributed by atoms with van der Waals surface area (Å²) in [6.07, 6.45) is 4.00. The monoisotopic (exact) mass is 206 g/mol. The molecule has 4 nitrogen and oxygen atoms in total. The highest BCUT2D eigenvalue weighted by Gasteiger charge is 2.42. The maximum absolute atomic E-state index is 9.16. The van der Waals surface area contributed by atoms with Crippen molar-refractivity contribution in [3.05, 3.63) is 0 Å². The number of hydrogen-bond donors (Lipinski definition) is 0. The summed E-state index contributed by atoms with van der Waals surface area (Å²) in [4.78, 5) is 7.51. The van der Waals surface area contributed by atoms with Crippen LogP contribution in [0.15, 0.2) is 0 Å². The molecule has 82 valence electrons. The predicted octanol–water partition coefficient (Wildman–Crippen LogP) is 0.279. The quantitative estimate of drug-likeness (QED) is 0.570. The maximum Gasteiger partial charge on any atom is 0.120 e. The second-order valence-corrected chi connectivity index (χ2v) is 4.80. The van der Waals surface area contributed by atoms with Crippen LogP contribution in [0.25, 0.3) is 0 Å². The Hall–Kier alpha value is -0.630. The van der Waals surface area contributed by atoms with Crippen LogP contribution < -0.4 is 0 Å². The molecule has 3 rings (SSSR count). The Morgan fingerprint density at radius 2 is 1.60 bits per heavy atom. The van der Waals surface area contributed by atoms with Crippen LogP contribution in [0.4, 0.5) is 0 Å². The first-order chi connectivity index (χ1) is 7.40. The van der Waals surface area contributed by atoms with Gasteiger partial charge in [0.15, 0.2) is 0 Å². The molecular formula is C11H18N4. The third-order valence-corrected chi connectivity index (χ3v) is 3.94. The average molecular weight is 206 g/mol. The van der Waals surface area contributed by atoms with Gasteiger partial charge in [0.25, 0.3) is 0 Å². The largest absolute Gasteiger partial charge is 0.275 e. The van der Waals surface area contributed by atoms with Crippen molar-refractivity contribution in [2.24, 2.45) is 0 Å². The Kier molecular flexibility index (Phi) is 2.39. The van der Waals surface area contributed by atoms with Crippen molar-refractivity contribution < 1.29 is 0 Å². The highest BCUT2D eigenvalue weighted by molar-refractivity contribution is 5.00. The van der Waals surface area contributed by atoms with Gasteiger partial charge in [-0.1, -0.05) is 0 Å². The lowest BCUT2D eigenvalue weighted by molar-refractivity contribution is -0.152. The summed E-state index contributed by atoms with van der Waals surface area (Å²) in [5.74, 6) is 0. The van der Waals surface area contributed by atoms with E-state index in [4.69, 9.17) is 5.26 Å². The van der Waals surface area contributed by atoms with E-state index < -0.39 is 0 Å². The lowest BCUT2D eigenvalue weighted by Gasteiger charge is -2.56. The highest BCUT2D eigenvalue weighted by atomic mass is 15.5. The van der Waals surface area contributed by atoms with Gasteiger partial charge in [-0.25, -0.2) is 0 Å². The van der Waals surface area contributed by atoms with E-state index in [2.05, 4.69) is 20.8 Å². The molecule has 0 saturated carbocycles. The number of rotatable bonds is 0. The standard InChI is InChI=1S/C11H18N4/c12-9-10-3-8-14-5-1-4-13-6-2-7-15(10)11(13)14/h10-11H,1-8H2. The van der Waals surface area contributed by atoms with E-state index in [0.29, 0.717) is 6.29 Å². The predicted molar refractivity (Wildman–Crippen MR) is 56.9 cm³/mol. The summed E-state index contributed by atoms with van der Waals surface area (Å²) in [6.45, 7) is 5.87. The van der Waals surface area contributed by atoms with E-state index in [9.17, 15) is 0 Å². The molecule has 2 atom stereocenters. The molecule has 3 saturated heterocycles. The summed E-state index contributed by atoms with van der Waals surface area (Å²) >= 11 is 0. The molecule has 4 heteroatoms. The van der Waals surface area contributed by atoms with Crippen LogP contribution in [0.5, 0.6) is 0 Å². The molecule has 0 amide bonds. The van der Waals surface area contributed by atoms with Crippen molar-refractivity contribution in [2.45, 2.75) is 31.6 Å². The summed E-state index contributed by atoms with van der Waals surface area (Å²) in [5, 5.41) is 9.16. The van der Waals surface area contributed by atoms with Gasteiger partial charge in [0.2, 0.25) is 0 Å². The van der Waals surface area contributed by atoms with Crippen molar-refractivity contribution in [2.75, 3.05) is 32.7 Å². The zero-order valence-corrected chi connectivity index (χ0v) is 9.10. The van der Waals surface area contributed by atoms with Crippen LogP contribution in [-0.2, 0) is 0 Å². The van der Waals surface area contributed by atoms with Gasteiger partial charge in [-0.05, 0) is 19.3 Å². The molecular weight excluding hydrogens is 188 g/mol. The summed E-state index contributed by atoms with van der Waals surface area (Å²) in [5.41, 5.74) is 0. The minimum Gasteiger partial charge on any atom is -0.275 e. The van der Waals surface area contributed by atoms with Crippen LogP contribution in [0.1, 0.15) is 19.3 Å². The number of nitrogens with zero attached hydrogens (tertiary/aromatic N) is 4. The summed E-state index contributed by atoms with van der Waals surface area (Å²) in [7, 11) is 0. The van der Waals surface area contributed by atoms with Gasteiger partial charge >= 0.3 is 0 Å². The molecule has 0 aromatic heterocycles. The Morgan fingerprint density at radius 3 is 2.33 bits per heavy atom. The van der Waals surface area contributed by atoms with Gasteiger partial charge in [-0.3, -0.25) is 14.7 Å². The van der Waals surface area contributed by atoms with Gasteiger partial charge in [0, 0.05) is 32.7 Å². The van der Waals surface area contributed by atoms with Gasteiger partial charge in [-0.15, -0.1) is 0 Å². The molecule has 3 aliphatic rings. The van der Waals surface area contributed by atoms with Crippen LogP contribution >= 0.6 is 0 Å². The van der Waals surface area contributed by atoms with Gasteiger partial charge in [0.1, 0.15) is 12.3 Å². The molecule has 0 radical (unpaired) electrons. The first-order valence-electron chi connectivity index (χ1n) is 6.03. The second kappa shape index (κ2) is 3.75. The van der Waals surface area contributed by atoms with Crippen LogP contribution in [0.2, 0.25) is 0 Å². The van der Waals surface area contributed by atoms with Crippen molar-refractivity contribution in [3.63, 3.8) is 0 Å². The van der Waals surface area contributed by atoms with Crippen molar-refractivity contribution >= 4 is 0 Å². The molecule has 3 heterocycles. The van der Waals surface area contributed by atoms with Crippen LogP contribution in [0.3, 0.4) is 0 Å². The van der Waals surface area contributed by atoms with Gasteiger partial charge in [0.05, 0.1) is 6.07 Å². The molecule has 0 bridgehead atoms. The van der Waals surface area contributed by atoms with E-state index in [-0.39, 0.29) is 6.04 Å². The summed E-state index contributed by atoms with van der Waals surface area (Å²) in [6, 6.07) is 2.62. The normalized spacial score (nSPS) is 38.3. The Balaban J connectivity index is 1.86. The lowest BCUT2D eigenvalue weighted by Crippen LogP contribution is -2.69. The molecule has 0 N–H and O–H groups in total. The average Bonchev–Trinajstić information content (AvgIpc) is 2.30. The number of nitriles is 1. The smallest absolute Gasteiger partial charge is 0.120 e. The van der Waals surface area contributed by atoms with Gasteiger partial charge < -0.3 is 0 Å². The summed E-state index contributed by atoms with van der Waals surface area (Å²) < 4.78 is 0. The molecule has 0 aromatic rings. The molecule has 0 spiro atoms. The first-order valence-corrected chi connectivity index (χ1v) is 6.03. The minimum atomic E-state index is 0.159. The Morgan fingerprint density at radius 1 is 0.933 bits per heavy atom. The number of hydrogen-bond acceptors (Lipinski definition) is 4. The van der Waals surface area contributed by atoms with E-state index in [1.54, 1.807) is 0 Å². The fraction of sp³-hybridized carbons (Fsp3) is 0.909. The minimum absolute atomic E-state index is 0.159. The molecule has 15 heavy (non-hydrogen) atoms. The van der Waals surface area contributed by atoms with Crippen molar-refractivity contribution in [3.8, 4) is 6.07 Å². The van der Waals surface area contributed by atoms with E-state index in [1.807, 2.05) is 0 Å². The zero-order chi connectivity index (χ0) is 10.3. The molecule has 0 aromatic carbocycles. The third kappa shape index (κ3) is 1.46. The van der Waals surface area contributed by atoms with Crippen LogP contribution in [0, 0.1) is 11.3 Å². The molecule has 0 aliphatic carbocycles. The van der Waals surface area contributed by atoms with Gasteiger partial charge in [-0.2, -0.15) is 5.26 Å². The third-order valence-electron chi connectivity index (χ3n) is 3.94. The zero-order valence-electron chi connectivity index (χ0n) is 9.10. The Bertz CT molecular complexity index is 276. The maximum atomic E-state index is 9.16. The van der Waals surface area contributed by atoms with Crippen LogP contribution in [-0.4, -0.2) is 59.8 Å². The topological polar surface area (TPSA) is 33.5 Å². The second-order valence-electron chi connectivity index (χ2n) is 4.80. The Labute approximate surface area is 91.0 Å². The highest BCUT2D eigenvalue weighted by Crippen LogP contribution is 2.29. The molecule has 2 unspecified atom stereocenters.